The van der Waals surface area contributed by atoms with Gasteiger partial charge in [0.25, 0.3) is 0 Å². The Kier molecular flexibility index (Phi) is 2.90. The van der Waals surface area contributed by atoms with Crippen molar-refractivity contribution in [2.75, 3.05) is 13.1 Å². The summed E-state index contributed by atoms with van der Waals surface area (Å²) in [4.78, 5) is 0. The van der Waals surface area contributed by atoms with Crippen molar-refractivity contribution < 1.29 is 0 Å². The quantitative estimate of drug-likeness (QED) is 0.623. The van der Waals surface area contributed by atoms with Gasteiger partial charge in [-0.05, 0) is 33.2 Å². The SMILES string of the molecule is CCNC(C)(C)CNC1CC1. The van der Waals surface area contributed by atoms with Gasteiger partial charge in [0.1, 0.15) is 0 Å². The van der Waals surface area contributed by atoms with Crippen LogP contribution in [0.15, 0.2) is 0 Å². The van der Waals surface area contributed by atoms with Crippen molar-refractivity contribution in [2.45, 2.75) is 45.2 Å². The van der Waals surface area contributed by atoms with E-state index >= 15 is 0 Å². The number of nitrogens with one attached hydrogen (secondary N) is 2. The lowest BCUT2D eigenvalue weighted by Crippen LogP contribution is -2.47. The first-order valence-electron chi connectivity index (χ1n) is 4.62. The molecule has 2 nitrogen and oxygen atoms in total. The van der Waals surface area contributed by atoms with Crippen LogP contribution in [-0.4, -0.2) is 24.7 Å². The van der Waals surface area contributed by atoms with Crippen LogP contribution < -0.4 is 10.6 Å². The molecule has 0 bridgehead atoms. The van der Waals surface area contributed by atoms with Crippen molar-refractivity contribution in [1.29, 1.82) is 0 Å². The second kappa shape index (κ2) is 3.55. The highest BCUT2D eigenvalue weighted by Gasteiger charge is 2.24. The number of likely N-dealkylation sites (N-methyl/N-ethyl adjacent to an activating group) is 1. The van der Waals surface area contributed by atoms with Crippen LogP contribution in [0.2, 0.25) is 0 Å². The lowest BCUT2D eigenvalue weighted by Gasteiger charge is -2.26. The highest BCUT2D eigenvalue weighted by atomic mass is 15.0. The van der Waals surface area contributed by atoms with E-state index < -0.39 is 0 Å². The monoisotopic (exact) mass is 156 g/mol. The van der Waals surface area contributed by atoms with Gasteiger partial charge in [-0.3, -0.25) is 0 Å². The third-order valence-electron chi connectivity index (χ3n) is 2.07. The molecule has 66 valence electrons. The second-order valence-corrected chi connectivity index (χ2v) is 4.07. The van der Waals surface area contributed by atoms with E-state index in [1.807, 2.05) is 0 Å². The van der Waals surface area contributed by atoms with Crippen LogP contribution in [0.4, 0.5) is 0 Å². The summed E-state index contributed by atoms with van der Waals surface area (Å²) in [5.41, 5.74) is 0.261. The Morgan fingerprint density at radius 3 is 2.45 bits per heavy atom. The average Bonchev–Trinajstić information content (AvgIpc) is 2.65. The zero-order valence-electron chi connectivity index (χ0n) is 7.91. The van der Waals surface area contributed by atoms with E-state index in [-0.39, 0.29) is 5.54 Å². The van der Waals surface area contributed by atoms with Gasteiger partial charge in [0.15, 0.2) is 0 Å². The van der Waals surface area contributed by atoms with Crippen LogP contribution in [0.25, 0.3) is 0 Å². The molecule has 0 aliphatic heterocycles. The number of rotatable bonds is 5. The van der Waals surface area contributed by atoms with E-state index in [4.69, 9.17) is 0 Å². The Balaban J connectivity index is 2.09. The van der Waals surface area contributed by atoms with E-state index in [1.54, 1.807) is 0 Å². The van der Waals surface area contributed by atoms with Gasteiger partial charge in [-0.1, -0.05) is 6.92 Å². The molecule has 2 N–H and O–H groups in total. The van der Waals surface area contributed by atoms with E-state index in [0.29, 0.717) is 0 Å². The summed E-state index contributed by atoms with van der Waals surface area (Å²) in [6, 6.07) is 0.827. The maximum atomic E-state index is 3.52. The molecule has 1 saturated carbocycles. The Bertz CT molecular complexity index is 117. The number of hydrogen-bond donors (Lipinski definition) is 2. The molecule has 1 aliphatic rings. The average molecular weight is 156 g/mol. The first-order chi connectivity index (χ1) is 5.14. The molecule has 0 aromatic rings. The summed E-state index contributed by atoms with van der Waals surface area (Å²) >= 11 is 0. The molecule has 0 heterocycles. The van der Waals surface area contributed by atoms with Crippen LogP contribution in [0.3, 0.4) is 0 Å². The van der Waals surface area contributed by atoms with Crippen molar-refractivity contribution in [2.24, 2.45) is 0 Å². The fraction of sp³-hybridized carbons (Fsp3) is 1.00. The molecule has 1 aliphatic carbocycles. The molecule has 0 spiro atoms. The summed E-state index contributed by atoms with van der Waals surface area (Å²) in [7, 11) is 0. The van der Waals surface area contributed by atoms with Crippen LogP contribution in [0.5, 0.6) is 0 Å². The molecule has 0 radical (unpaired) electrons. The fourth-order valence-corrected chi connectivity index (χ4v) is 1.23. The van der Waals surface area contributed by atoms with E-state index in [9.17, 15) is 0 Å². The summed E-state index contributed by atoms with van der Waals surface area (Å²) < 4.78 is 0. The molecule has 0 aromatic heterocycles. The topological polar surface area (TPSA) is 24.1 Å². The van der Waals surface area contributed by atoms with E-state index in [0.717, 1.165) is 19.1 Å². The molecule has 1 rings (SSSR count). The predicted octanol–water partition coefficient (Wildman–Crippen LogP) is 1.13. The molecular formula is C9H20N2. The predicted molar refractivity (Wildman–Crippen MR) is 48.8 cm³/mol. The van der Waals surface area contributed by atoms with Crippen LogP contribution in [0, 0.1) is 0 Å². The van der Waals surface area contributed by atoms with E-state index in [1.165, 1.54) is 12.8 Å². The second-order valence-electron chi connectivity index (χ2n) is 4.07. The maximum absolute atomic E-state index is 3.52. The lowest BCUT2D eigenvalue weighted by atomic mass is 10.1. The lowest BCUT2D eigenvalue weighted by molar-refractivity contribution is 0.372. The van der Waals surface area contributed by atoms with Crippen molar-refractivity contribution in [3.63, 3.8) is 0 Å². The Morgan fingerprint density at radius 1 is 1.36 bits per heavy atom. The zero-order valence-corrected chi connectivity index (χ0v) is 7.91. The molecule has 0 unspecified atom stereocenters. The normalized spacial score (nSPS) is 18.8. The van der Waals surface area contributed by atoms with Gasteiger partial charge in [0, 0.05) is 18.1 Å². The molecule has 0 atom stereocenters. The Hall–Kier alpha value is -0.0800. The minimum atomic E-state index is 0.261. The first kappa shape index (κ1) is 9.01. The molecule has 2 heteroatoms. The van der Waals surface area contributed by atoms with Crippen LogP contribution in [-0.2, 0) is 0 Å². The molecule has 0 saturated heterocycles. The number of hydrogen-bond acceptors (Lipinski definition) is 2. The van der Waals surface area contributed by atoms with Crippen molar-refractivity contribution in [3.8, 4) is 0 Å². The summed E-state index contributed by atoms with van der Waals surface area (Å²) in [5, 5.41) is 6.96. The van der Waals surface area contributed by atoms with Gasteiger partial charge >= 0.3 is 0 Å². The smallest absolute Gasteiger partial charge is 0.0249 e. The van der Waals surface area contributed by atoms with Gasteiger partial charge in [0.2, 0.25) is 0 Å². The first-order valence-corrected chi connectivity index (χ1v) is 4.62. The van der Waals surface area contributed by atoms with Gasteiger partial charge in [-0.25, -0.2) is 0 Å². The third-order valence-corrected chi connectivity index (χ3v) is 2.07. The van der Waals surface area contributed by atoms with Gasteiger partial charge in [-0.2, -0.15) is 0 Å². The maximum Gasteiger partial charge on any atom is 0.0249 e. The summed E-state index contributed by atoms with van der Waals surface area (Å²) in [6.45, 7) is 8.78. The third kappa shape index (κ3) is 3.73. The highest BCUT2D eigenvalue weighted by molar-refractivity contribution is 4.87. The molecule has 11 heavy (non-hydrogen) atoms. The van der Waals surface area contributed by atoms with Gasteiger partial charge in [0.05, 0.1) is 0 Å². The largest absolute Gasteiger partial charge is 0.312 e. The standard InChI is InChI=1S/C9H20N2/c1-4-11-9(2,3)7-10-8-5-6-8/h8,10-11H,4-7H2,1-3H3. The van der Waals surface area contributed by atoms with Crippen molar-refractivity contribution in [3.05, 3.63) is 0 Å². The van der Waals surface area contributed by atoms with E-state index in [2.05, 4.69) is 31.4 Å². The van der Waals surface area contributed by atoms with Crippen LogP contribution >= 0.6 is 0 Å². The minimum Gasteiger partial charge on any atom is -0.312 e. The molecule has 0 amide bonds. The molecule has 1 fully saturated rings. The highest BCUT2D eigenvalue weighted by Crippen LogP contribution is 2.19. The fourth-order valence-electron chi connectivity index (χ4n) is 1.23. The van der Waals surface area contributed by atoms with Gasteiger partial charge in [-0.15, -0.1) is 0 Å². The van der Waals surface area contributed by atoms with Crippen molar-refractivity contribution >= 4 is 0 Å². The summed E-state index contributed by atoms with van der Waals surface area (Å²) in [6.07, 6.45) is 2.75. The molecular weight excluding hydrogens is 136 g/mol. The Morgan fingerprint density at radius 2 is 2.00 bits per heavy atom. The zero-order chi connectivity index (χ0) is 8.32. The molecule has 0 aromatic carbocycles. The van der Waals surface area contributed by atoms with Crippen molar-refractivity contribution in [1.82, 2.24) is 10.6 Å². The van der Waals surface area contributed by atoms with Crippen LogP contribution in [0.1, 0.15) is 33.6 Å². The minimum absolute atomic E-state index is 0.261. The van der Waals surface area contributed by atoms with Gasteiger partial charge < -0.3 is 10.6 Å². The Labute approximate surface area is 69.8 Å². The summed E-state index contributed by atoms with van der Waals surface area (Å²) in [5.74, 6) is 0.